The fourth-order valence-electron chi connectivity index (χ4n) is 4.33. The van der Waals surface area contributed by atoms with E-state index in [2.05, 4.69) is 16.5 Å². The van der Waals surface area contributed by atoms with Crippen LogP contribution in [0.1, 0.15) is 40.9 Å². The number of nitrogens with one attached hydrogen (secondary N) is 1. The quantitative estimate of drug-likeness (QED) is 0.312. The van der Waals surface area contributed by atoms with Gasteiger partial charge in [-0.05, 0) is 56.7 Å². The van der Waals surface area contributed by atoms with Crippen molar-refractivity contribution in [3.8, 4) is 5.69 Å². The first-order valence-corrected chi connectivity index (χ1v) is 12.6. The van der Waals surface area contributed by atoms with Crippen LogP contribution in [-0.2, 0) is 9.53 Å². The SMILES string of the molecule is CCOC(=O)c1ccc(NC(=O)CC2CSc3nc4c(cnn4-c4ccc(C)cc4C)c(=O)n32)cc1. The van der Waals surface area contributed by atoms with Crippen LogP contribution in [0, 0.1) is 13.8 Å². The number of benzene rings is 2. The van der Waals surface area contributed by atoms with Gasteiger partial charge in [-0.25, -0.2) is 14.5 Å². The molecule has 1 atom stereocenters. The molecule has 1 aliphatic heterocycles. The highest BCUT2D eigenvalue weighted by atomic mass is 32.2. The first-order valence-electron chi connectivity index (χ1n) is 11.6. The van der Waals surface area contributed by atoms with Crippen LogP contribution in [0.15, 0.2) is 58.6 Å². The van der Waals surface area contributed by atoms with E-state index < -0.39 is 5.97 Å². The van der Waals surface area contributed by atoms with E-state index in [0.717, 1.165) is 16.8 Å². The van der Waals surface area contributed by atoms with Gasteiger partial charge in [0, 0.05) is 17.9 Å². The number of esters is 1. The van der Waals surface area contributed by atoms with Crippen LogP contribution in [0.2, 0.25) is 0 Å². The summed E-state index contributed by atoms with van der Waals surface area (Å²) in [6.45, 7) is 6.07. The second-order valence-electron chi connectivity index (χ2n) is 8.67. The summed E-state index contributed by atoms with van der Waals surface area (Å²) < 4.78 is 8.28. The van der Waals surface area contributed by atoms with Crippen molar-refractivity contribution in [2.75, 3.05) is 17.7 Å². The molecule has 0 spiro atoms. The second-order valence-corrected chi connectivity index (χ2v) is 9.66. The lowest BCUT2D eigenvalue weighted by Crippen LogP contribution is -2.27. The maximum absolute atomic E-state index is 13.4. The Labute approximate surface area is 211 Å². The predicted molar refractivity (Wildman–Crippen MR) is 138 cm³/mol. The Balaban J connectivity index is 1.36. The summed E-state index contributed by atoms with van der Waals surface area (Å²) in [5.41, 5.74) is 4.35. The molecule has 4 aromatic rings. The van der Waals surface area contributed by atoms with Crippen LogP contribution in [0.25, 0.3) is 16.7 Å². The van der Waals surface area contributed by atoms with Crippen LogP contribution in [0.4, 0.5) is 5.69 Å². The number of hydrogen-bond acceptors (Lipinski definition) is 7. The summed E-state index contributed by atoms with van der Waals surface area (Å²) in [5.74, 6) is -0.0644. The van der Waals surface area contributed by atoms with Crippen molar-refractivity contribution < 1.29 is 14.3 Å². The van der Waals surface area contributed by atoms with Crippen LogP contribution in [0.5, 0.6) is 0 Å². The molecule has 36 heavy (non-hydrogen) atoms. The van der Waals surface area contributed by atoms with Crippen LogP contribution in [-0.4, -0.2) is 43.6 Å². The van der Waals surface area contributed by atoms with Crippen molar-refractivity contribution in [1.82, 2.24) is 19.3 Å². The fourth-order valence-corrected chi connectivity index (χ4v) is 5.46. The Kier molecular flexibility index (Phi) is 6.36. The zero-order valence-corrected chi connectivity index (χ0v) is 21.0. The largest absolute Gasteiger partial charge is 0.462 e. The molecule has 5 rings (SSSR count). The number of carbonyl (C=O) groups excluding carboxylic acids is 2. The molecular formula is C26H25N5O4S. The second kappa shape index (κ2) is 9.62. The number of amides is 1. The van der Waals surface area contributed by atoms with Gasteiger partial charge >= 0.3 is 5.97 Å². The zero-order valence-electron chi connectivity index (χ0n) is 20.1. The number of hydrogen-bond donors (Lipinski definition) is 1. The van der Waals surface area contributed by atoms with E-state index >= 15 is 0 Å². The van der Waals surface area contributed by atoms with Crippen molar-refractivity contribution in [1.29, 1.82) is 0 Å². The number of aromatic nitrogens is 4. The highest BCUT2D eigenvalue weighted by Crippen LogP contribution is 2.34. The number of nitrogens with zero attached hydrogens (tertiary/aromatic N) is 4. The molecule has 184 valence electrons. The first-order chi connectivity index (χ1) is 17.4. The third kappa shape index (κ3) is 4.39. The minimum atomic E-state index is -0.408. The van der Waals surface area contributed by atoms with E-state index in [-0.39, 0.29) is 23.9 Å². The third-order valence-corrected chi connectivity index (χ3v) is 7.15. The van der Waals surface area contributed by atoms with Gasteiger partial charge in [-0.3, -0.25) is 14.2 Å². The number of aryl methyl sites for hydroxylation is 2. The van der Waals surface area contributed by atoms with E-state index in [0.29, 0.717) is 39.8 Å². The molecule has 1 aliphatic rings. The van der Waals surface area contributed by atoms with Crippen molar-refractivity contribution in [2.45, 2.75) is 38.4 Å². The molecule has 1 unspecified atom stereocenters. The van der Waals surface area contributed by atoms with Gasteiger partial charge in [-0.1, -0.05) is 29.5 Å². The van der Waals surface area contributed by atoms with Gasteiger partial charge in [-0.2, -0.15) is 5.10 Å². The molecule has 0 bridgehead atoms. The number of fused-ring (bicyclic) bond motifs is 2. The van der Waals surface area contributed by atoms with Crippen LogP contribution >= 0.6 is 11.8 Å². The maximum Gasteiger partial charge on any atom is 0.338 e. The summed E-state index contributed by atoms with van der Waals surface area (Å²) in [7, 11) is 0. The highest BCUT2D eigenvalue weighted by Gasteiger charge is 2.29. The lowest BCUT2D eigenvalue weighted by Gasteiger charge is -2.14. The molecule has 9 nitrogen and oxygen atoms in total. The molecule has 0 radical (unpaired) electrons. The normalized spacial score (nSPS) is 14.6. The molecule has 0 aliphatic carbocycles. The van der Waals surface area contributed by atoms with Gasteiger partial charge in [0.2, 0.25) is 5.91 Å². The van der Waals surface area contributed by atoms with Crippen LogP contribution in [0.3, 0.4) is 0 Å². The molecule has 0 fully saturated rings. The molecule has 0 saturated heterocycles. The average Bonchev–Trinajstić information content (AvgIpc) is 3.45. The minimum absolute atomic E-state index is 0.123. The van der Waals surface area contributed by atoms with E-state index in [9.17, 15) is 14.4 Å². The molecule has 2 aromatic carbocycles. The molecule has 3 heterocycles. The molecule has 0 saturated carbocycles. The van der Waals surface area contributed by atoms with Crippen molar-refractivity contribution in [3.05, 3.63) is 75.7 Å². The Morgan fingerprint density at radius 2 is 1.94 bits per heavy atom. The molecule has 1 N–H and O–H groups in total. The number of anilines is 1. The molecule has 1 amide bonds. The Morgan fingerprint density at radius 1 is 1.17 bits per heavy atom. The number of rotatable bonds is 6. The van der Waals surface area contributed by atoms with Gasteiger partial charge in [0.15, 0.2) is 10.8 Å². The first kappa shape index (κ1) is 23.8. The fraction of sp³-hybridized carbons (Fsp3) is 0.269. The summed E-state index contributed by atoms with van der Waals surface area (Å²) in [4.78, 5) is 42.7. The minimum Gasteiger partial charge on any atom is -0.462 e. The van der Waals surface area contributed by atoms with E-state index in [1.54, 1.807) is 46.6 Å². The van der Waals surface area contributed by atoms with Crippen molar-refractivity contribution in [3.63, 3.8) is 0 Å². The summed E-state index contributed by atoms with van der Waals surface area (Å²) in [6.07, 6.45) is 1.67. The lowest BCUT2D eigenvalue weighted by molar-refractivity contribution is -0.116. The van der Waals surface area contributed by atoms with E-state index in [1.807, 2.05) is 26.0 Å². The summed E-state index contributed by atoms with van der Waals surface area (Å²) >= 11 is 1.46. The average molecular weight is 504 g/mol. The smallest absolute Gasteiger partial charge is 0.338 e. The standard InChI is InChI=1S/C26H25N5O4S/c1-4-35-25(34)17-6-8-18(9-7-17)28-22(32)12-19-14-36-26-29-23-20(24(33)30(19)26)13-27-31(23)21-10-5-15(2)11-16(21)3/h5-11,13,19H,4,12,14H2,1-3H3,(H,28,32). The van der Waals surface area contributed by atoms with Crippen LogP contribution < -0.4 is 10.9 Å². The Morgan fingerprint density at radius 3 is 2.67 bits per heavy atom. The van der Waals surface area contributed by atoms with Gasteiger partial charge in [0.05, 0.1) is 30.1 Å². The number of thioether (sulfide) groups is 1. The monoisotopic (exact) mass is 503 g/mol. The zero-order chi connectivity index (χ0) is 25.4. The third-order valence-electron chi connectivity index (χ3n) is 6.05. The van der Waals surface area contributed by atoms with Gasteiger partial charge in [-0.15, -0.1) is 0 Å². The lowest BCUT2D eigenvalue weighted by atomic mass is 10.1. The Hall–Kier alpha value is -3.92. The van der Waals surface area contributed by atoms with E-state index in [4.69, 9.17) is 9.72 Å². The number of carbonyl (C=O) groups is 2. The van der Waals surface area contributed by atoms with Gasteiger partial charge in [0.25, 0.3) is 5.56 Å². The van der Waals surface area contributed by atoms with Crippen molar-refractivity contribution >= 4 is 40.4 Å². The van der Waals surface area contributed by atoms with Gasteiger partial charge in [0.1, 0.15) is 5.39 Å². The topological polar surface area (TPSA) is 108 Å². The van der Waals surface area contributed by atoms with Gasteiger partial charge < -0.3 is 10.1 Å². The predicted octanol–water partition coefficient (Wildman–Crippen LogP) is 4.05. The Bertz CT molecular complexity index is 1540. The molecule has 2 aromatic heterocycles. The summed E-state index contributed by atoms with van der Waals surface area (Å²) in [5, 5.41) is 8.28. The molecule has 10 heteroatoms. The molecular weight excluding hydrogens is 478 g/mol. The number of ether oxygens (including phenoxy) is 1. The highest BCUT2D eigenvalue weighted by molar-refractivity contribution is 7.99. The van der Waals surface area contributed by atoms with E-state index in [1.165, 1.54) is 11.8 Å². The van der Waals surface area contributed by atoms with Crippen molar-refractivity contribution in [2.24, 2.45) is 0 Å². The maximum atomic E-state index is 13.4. The summed E-state index contributed by atoms with van der Waals surface area (Å²) in [6, 6.07) is 12.2.